The van der Waals surface area contributed by atoms with E-state index in [-0.39, 0.29) is 17.3 Å². The Hall–Kier alpha value is -3.98. The molecule has 0 saturated carbocycles. The van der Waals surface area contributed by atoms with Crippen molar-refractivity contribution in [3.8, 4) is 17.1 Å². The average molecular weight is 446 g/mol. The number of nitrogens with one attached hydrogen (secondary N) is 1. The van der Waals surface area contributed by atoms with Gasteiger partial charge in [-0.05, 0) is 48.9 Å². The van der Waals surface area contributed by atoms with Crippen LogP contribution >= 0.6 is 11.8 Å². The highest BCUT2D eigenvalue weighted by atomic mass is 32.2. The van der Waals surface area contributed by atoms with Crippen molar-refractivity contribution in [1.82, 2.24) is 14.8 Å². The summed E-state index contributed by atoms with van der Waals surface area (Å²) in [6.07, 6.45) is 0. The predicted molar refractivity (Wildman–Crippen MR) is 124 cm³/mol. The van der Waals surface area contributed by atoms with Crippen LogP contribution in [0.1, 0.15) is 5.56 Å². The average Bonchev–Trinajstić information content (AvgIpc) is 3.22. The molecule has 0 radical (unpaired) electrons. The van der Waals surface area contributed by atoms with Gasteiger partial charge < -0.3 is 5.32 Å². The zero-order valence-corrected chi connectivity index (χ0v) is 18.0. The van der Waals surface area contributed by atoms with Crippen LogP contribution in [0.25, 0.3) is 17.1 Å². The monoisotopic (exact) mass is 445 g/mol. The number of hydrogen-bond acceptors (Lipinski definition) is 6. The number of anilines is 1. The molecule has 1 N–H and O–H groups in total. The van der Waals surface area contributed by atoms with Gasteiger partial charge in [-0.25, -0.2) is 0 Å². The topological polar surface area (TPSA) is 103 Å². The number of carbonyl (C=O) groups excluding carboxylic acids is 1. The zero-order chi connectivity index (χ0) is 22.5. The smallest absolute Gasteiger partial charge is 0.269 e. The van der Waals surface area contributed by atoms with Crippen LogP contribution in [0.4, 0.5) is 11.4 Å². The van der Waals surface area contributed by atoms with Gasteiger partial charge in [-0.2, -0.15) is 0 Å². The van der Waals surface area contributed by atoms with E-state index in [2.05, 4.69) is 15.5 Å². The summed E-state index contributed by atoms with van der Waals surface area (Å²) in [6, 6.07) is 23.3. The summed E-state index contributed by atoms with van der Waals surface area (Å²) in [4.78, 5) is 23.0. The van der Waals surface area contributed by atoms with Gasteiger partial charge in [-0.3, -0.25) is 19.5 Å². The summed E-state index contributed by atoms with van der Waals surface area (Å²) in [5, 5.41) is 23.0. The lowest BCUT2D eigenvalue weighted by molar-refractivity contribution is -0.384. The van der Waals surface area contributed by atoms with Crippen LogP contribution < -0.4 is 5.32 Å². The van der Waals surface area contributed by atoms with Gasteiger partial charge in [-0.1, -0.05) is 42.1 Å². The Labute approximate surface area is 188 Å². The third kappa shape index (κ3) is 4.84. The van der Waals surface area contributed by atoms with Crippen molar-refractivity contribution in [2.24, 2.45) is 0 Å². The van der Waals surface area contributed by atoms with Gasteiger partial charge in [0.2, 0.25) is 5.91 Å². The molecule has 0 aliphatic rings. The Bertz CT molecular complexity index is 1260. The number of aryl methyl sites for hydroxylation is 1. The minimum Gasteiger partial charge on any atom is -0.325 e. The lowest BCUT2D eigenvalue weighted by Gasteiger charge is -2.10. The molecule has 0 atom stereocenters. The number of rotatable bonds is 7. The second-order valence-electron chi connectivity index (χ2n) is 6.99. The zero-order valence-electron chi connectivity index (χ0n) is 17.1. The Morgan fingerprint density at radius 1 is 1.03 bits per heavy atom. The number of non-ortho nitro benzene ring substituents is 1. The first kappa shape index (κ1) is 21.3. The number of thioether (sulfide) groups is 1. The molecule has 1 heterocycles. The largest absolute Gasteiger partial charge is 0.325 e. The number of carbonyl (C=O) groups is 1. The maximum Gasteiger partial charge on any atom is 0.269 e. The molecule has 3 aromatic carbocycles. The molecule has 0 aliphatic carbocycles. The van der Waals surface area contributed by atoms with Crippen LogP contribution in [-0.2, 0) is 4.79 Å². The van der Waals surface area contributed by atoms with Crippen molar-refractivity contribution in [2.75, 3.05) is 11.1 Å². The molecular weight excluding hydrogens is 426 g/mol. The van der Waals surface area contributed by atoms with Crippen molar-refractivity contribution in [3.05, 3.63) is 94.5 Å². The minimum absolute atomic E-state index is 0.00180. The van der Waals surface area contributed by atoms with E-state index in [4.69, 9.17) is 0 Å². The van der Waals surface area contributed by atoms with E-state index in [0.717, 1.165) is 16.9 Å². The summed E-state index contributed by atoms with van der Waals surface area (Å²) in [5.74, 6) is 0.534. The molecule has 4 aromatic rings. The van der Waals surface area contributed by atoms with Crippen LogP contribution in [0.5, 0.6) is 0 Å². The van der Waals surface area contributed by atoms with Gasteiger partial charge in [0.25, 0.3) is 5.69 Å². The van der Waals surface area contributed by atoms with Crippen LogP contribution in [0.3, 0.4) is 0 Å². The van der Waals surface area contributed by atoms with Crippen LogP contribution in [0, 0.1) is 17.0 Å². The summed E-state index contributed by atoms with van der Waals surface area (Å²) in [5.41, 5.74) is 3.32. The van der Waals surface area contributed by atoms with Crippen molar-refractivity contribution in [1.29, 1.82) is 0 Å². The number of amides is 1. The molecule has 160 valence electrons. The highest BCUT2D eigenvalue weighted by molar-refractivity contribution is 7.99. The second-order valence-corrected chi connectivity index (χ2v) is 7.93. The molecule has 0 spiro atoms. The molecule has 4 rings (SSSR count). The summed E-state index contributed by atoms with van der Waals surface area (Å²) in [6.45, 7) is 1.96. The highest BCUT2D eigenvalue weighted by Crippen LogP contribution is 2.29. The number of nitro groups is 1. The summed E-state index contributed by atoms with van der Waals surface area (Å²) in [7, 11) is 0. The predicted octanol–water partition coefficient (Wildman–Crippen LogP) is 4.88. The fourth-order valence-corrected chi connectivity index (χ4v) is 3.89. The van der Waals surface area contributed by atoms with Gasteiger partial charge in [-0.15, -0.1) is 10.2 Å². The number of aromatic nitrogens is 3. The first-order chi connectivity index (χ1) is 15.5. The molecule has 8 nitrogen and oxygen atoms in total. The van der Waals surface area contributed by atoms with Crippen LogP contribution in [-0.4, -0.2) is 31.3 Å². The van der Waals surface area contributed by atoms with Crippen LogP contribution in [0.15, 0.2) is 84.0 Å². The molecule has 0 saturated heterocycles. The SMILES string of the molecule is Cc1cccc(NC(=O)CSc2nnc(-c3ccc([N+](=O)[O-])cc3)n2-c2ccccc2)c1. The van der Waals surface area contributed by atoms with E-state index in [9.17, 15) is 14.9 Å². The van der Waals surface area contributed by atoms with E-state index >= 15 is 0 Å². The van der Waals surface area contributed by atoms with Gasteiger partial charge in [0, 0.05) is 29.1 Å². The van der Waals surface area contributed by atoms with E-state index in [0.29, 0.717) is 16.5 Å². The molecule has 0 unspecified atom stereocenters. The van der Waals surface area contributed by atoms with Crippen LogP contribution in [0.2, 0.25) is 0 Å². The standard InChI is InChI=1S/C23H19N5O3S/c1-16-6-5-7-18(14-16)24-21(29)15-32-23-26-25-22(27(23)19-8-3-2-4-9-19)17-10-12-20(13-11-17)28(30)31/h2-14H,15H2,1H3,(H,24,29). The van der Waals surface area contributed by atoms with E-state index < -0.39 is 4.92 Å². The molecule has 1 aromatic heterocycles. The van der Waals surface area contributed by atoms with Crippen molar-refractivity contribution < 1.29 is 9.72 Å². The van der Waals surface area contributed by atoms with Gasteiger partial charge in [0.15, 0.2) is 11.0 Å². The number of nitrogens with zero attached hydrogens (tertiary/aromatic N) is 4. The van der Waals surface area contributed by atoms with Crippen molar-refractivity contribution >= 4 is 29.0 Å². The van der Waals surface area contributed by atoms with E-state index in [1.54, 1.807) is 12.1 Å². The molecule has 32 heavy (non-hydrogen) atoms. The summed E-state index contributed by atoms with van der Waals surface area (Å²) < 4.78 is 1.84. The normalized spacial score (nSPS) is 10.7. The fourth-order valence-electron chi connectivity index (χ4n) is 3.14. The molecule has 1 amide bonds. The quantitative estimate of drug-likeness (QED) is 0.247. The second kappa shape index (κ2) is 9.44. The molecule has 0 fully saturated rings. The summed E-state index contributed by atoms with van der Waals surface area (Å²) >= 11 is 1.27. The Morgan fingerprint density at radius 3 is 2.47 bits per heavy atom. The highest BCUT2D eigenvalue weighted by Gasteiger charge is 2.18. The number of para-hydroxylation sites is 1. The molecule has 0 aliphatic heterocycles. The Kier molecular flexibility index (Phi) is 6.27. The first-order valence-electron chi connectivity index (χ1n) is 9.76. The molecule has 9 heteroatoms. The fraction of sp³-hybridized carbons (Fsp3) is 0.0870. The minimum atomic E-state index is -0.445. The van der Waals surface area contributed by atoms with Gasteiger partial charge in [0.1, 0.15) is 0 Å². The third-order valence-electron chi connectivity index (χ3n) is 4.62. The molecular formula is C23H19N5O3S. The first-order valence-corrected chi connectivity index (χ1v) is 10.7. The van der Waals surface area contributed by atoms with E-state index in [1.165, 1.54) is 23.9 Å². The third-order valence-corrected chi connectivity index (χ3v) is 5.55. The van der Waals surface area contributed by atoms with E-state index in [1.807, 2.05) is 66.1 Å². The number of benzene rings is 3. The lowest BCUT2D eigenvalue weighted by atomic mass is 10.2. The van der Waals surface area contributed by atoms with Gasteiger partial charge in [0.05, 0.1) is 10.7 Å². The number of hydrogen-bond donors (Lipinski definition) is 1. The molecule has 0 bridgehead atoms. The maximum absolute atomic E-state index is 12.5. The van der Waals surface area contributed by atoms with Crippen molar-refractivity contribution in [2.45, 2.75) is 12.1 Å². The lowest BCUT2D eigenvalue weighted by Crippen LogP contribution is -2.14. The van der Waals surface area contributed by atoms with Gasteiger partial charge >= 0.3 is 0 Å². The Morgan fingerprint density at radius 2 is 1.78 bits per heavy atom. The Balaban J connectivity index is 1.59. The van der Waals surface area contributed by atoms with Crippen molar-refractivity contribution in [3.63, 3.8) is 0 Å². The number of nitro benzene ring substituents is 1. The maximum atomic E-state index is 12.5.